The monoisotopic (exact) mass is 418 g/mol. The standard InChI is InChI=1S/C20H17F3N4O3/c21-20(22,23)15-12-14(27-24-7-8-25-27)3-4-16(15)26-19(28)6-2-13-1-5-17-18(11-13)30-10-9-29-17/h1,3-5,7-8,11-12H,2,6,9-10H2,(H,26,28). The summed E-state index contributed by atoms with van der Waals surface area (Å²) >= 11 is 0. The Balaban J connectivity index is 1.46. The van der Waals surface area contributed by atoms with Gasteiger partial charge < -0.3 is 14.8 Å². The average Bonchev–Trinajstić information content (AvgIpc) is 3.26. The molecule has 0 radical (unpaired) electrons. The molecule has 0 saturated heterocycles. The molecule has 1 N–H and O–H groups in total. The number of hydrogen-bond acceptors (Lipinski definition) is 5. The van der Waals surface area contributed by atoms with E-state index in [1.54, 1.807) is 18.2 Å². The van der Waals surface area contributed by atoms with E-state index in [9.17, 15) is 18.0 Å². The highest BCUT2D eigenvalue weighted by atomic mass is 19.4. The SMILES string of the molecule is O=C(CCc1ccc2c(c1)OCCO2)Nc1ccc(-n2nccn2)cc1C(F)(F)F. The zero-order valence-corrected chi connectivity index (χ0v) is 15.6. The summed E-state index contributed by atoms with van der Waals surface area (Å²) in [6.07, 6.45) is -1.57. The van der Waals surface area contributed by atoms with Crippen molar-refractivity contribution in [1.82, 2.24) is 15.0 Å². The molecule has 3 aromatic rings. The van der Waals surface area contributed by atoms with Crippen molar-refractivity contribution in [1.29, 1.82) is 0 Å². The van der Waals surface area contributed by atoms with Crippen LogP contribution in [0.5, 0.6) is 11.5 Å². The number of carbonyl (C=O) groups excluding carboxylic acids is 1. The van der Waals surface area contributed by atoms with Gasteiger partial charge in [0, 0.05) is 6.42 Å². The number of benzene rings is 2. The van der Waals surface area contributed by atoms with Gasteiger partial charge in [-0.15, -0.1) is 0 Å². The molecule has 0 atom stereocenters. The minimum atomic E-state index is -4.65. The molecule has 1 aliphatic heterocycles. The van der Waals surface area contributed by atoms with Crippen LogP contribution in [0.25, 0.3) is 5.69 Å². The quantitative estimate of drug-likeness (QED) is 0.685. The zero-order chi connectivity index (χ0) is 21.1. The first-order valence-corrected chi connectivity index (χ1v) is 9.16. The van der Waals surface area contributed by atoms with Crippen LogP contribution in [-0.4, -0.2) is 34.1 Å². The zero-order valence-electron chi connectivity index (χ0n) is 15.6. The molecule has 2 heterocycles. The van der Waals surface area contributed by atoms with Crippen molar-refractivity contribution in [3.63, 3.8) is 0 Å². The van der Waals surface area contributed by atoms with Gasteiger partial charge >= 0.3 is 6.18 Å². The largest absolute Gasteiger partial charge is 0.486 e. The van der Waals surface area contributed by atoms with Crippen LogP contribution in [0.4, 0.5) is 18.9 Å². The first-order chi connectivity index (χ1) is 14.4. The Morgan fingerprint density at radius 3 is 2.50 bits per heavy atom. The molecular weight excluding hydrogens is 401 g/mol. The number of hydrogen-bond donors (Lipinski definition) is 1. The maximum atomic E-state index is 13.5. The average molecular weight is 418 g/mol. The van der Waals surface area contributed by atoms with E-state index < -0.39 is 17.6 Å². The van der Waals surface area contributed by atoms with Crippen molar-refractivity contribution < 1.29 is 27.4 Å². The molecule has 10 heteroatoms. The number of nitrogens with zero attached hydrogens (tertiary/aromatic N) is 3. The third-order valence-electron chi connectivity index (χ3n) is 4.48. The lowest BCUT2D eigenvalue weighted by Crippen LogP contribution is -2.18. The summed E-state index contributed by atoms with van der Waals surface area (Å²) in [6.45, 7) is 0.923. The predicted molar refractivity (Wildman–Crippen MR) is 101 cm³/mol. The third kappa shape index (κ3) is 4.37. The van der Waals surface area contributed by atoms with E-state index in [-0.39, 0.29) is 17.8 Å². The van der Waals surface area contributed by atoms with Crippen molar-refractivity contribution in [3.05, 3.63) is 59.9 Å². The highest BCUT2D eigenvalue weighted by molar-refractivity contribution is 5.92. The van der Waals surface area contributed by atoms with E-state index in [1.807, 2.05) is 0 Å². The highest BCUT2D eigenvalue weighted by Gasteiger charge is 2.34. The number of rotatable bonds is 5. The minimum absolute atomic E-state index is 0.0133. The van der Waals surface area contributed by atoms with Crippen LogP contribution in [0, 0.1) is 0 Å². The maximum Gasteiger partial charge on any atom is 0.418 e. The molecule has 0 fully saturated rings. The topological polar surface area (TPSA) is 78.3 Å². The van der Waals surface area contributed by atoms with Gasteiger partial charge in [0.1, 0.15) is 13.2 Å². The second-order valence-corrected chi connectivity index (χ2v) is 6.57. The van der Waals surface area contributed by atoms with Crippen LogP contribution in [0.3, 0.4) is 0 Å². The lowest BCUT2D eigenvalue weighted by Gasteiger charge is -2.19. The van der Waals surface area contributed by atoms with Crippen LogP contribution in [-0.2, 0) is 17.4 Å². The number of halogens is 3. The maximum absolute atomic E-state index is 13.5. The molecule has 1 aliphatic rings. The number of anilines is 1. The van der Waals surface area contributed by atoms with Gasteiger partial charge in [0.2, 0.25) is 5.91 Å². The summed E-state index contributed by atoms with van der Waals surface area (Å²) in [6, 6.07) is 8.83. The molecule has 1 amide bonds. The van der Waals surface area contributed by atoms with Crippen LogP contribution >= 0.6 is 0 Å². The second kappa shape index (κ2) is 8.05. The van der Waals surface area contributed by atoms with E-state index in [0.29, 0.717) is 31.1 Å². The Hall–Kier alpha value is -3.56. The first kappa shape index (κ1) is 19.7. The number of ether oxygens (including phenoxy) is 2. The number of alkyl halides is 3. The molecule has 0 saturated carbocycles. The molecule has 4 rings (SSSR count). The Morgan fingerprint density at radius 2 is 1.77 bits per heavy atom. The third-order valence-corrected chi connectivity index (χ3v) is 4.48. The Morgan fingerprint density at radius 1 is 1.03 bits per heavy atom. The Kier molecular flexibility index (Phi) is 5.30. The van der Waals surface area contributed by atoms with Crippen LogP contribution in [0.15, 0.2) is 48.8 Å². The van der Waals surface area contributed by atoms with Gasteiger partial charge in [-0.1, -0.05) is 6.07 Å². The van der Waals surface area contributed by atoms with E-state index >= 15 is 0 Å². The Bertz CT molecular complexity index is 1050. The summed E-state index contributed by atoms with van der Waals surface area (Å²) in [5, 5.41) is 10.0. The molecule has 0 unspecified atom stereocenters. The number of nitrogens with one attached hydrogen (secondary N) is 1. The van der Waals surface area contributed by atoms with Gasteiger partial charge in [0.15, 0.2) is 11.5 Å². The molecule has 0 bridgehead atoms. The fourth-order valence-electron chi connectivity index (χ4n) is 3.06. The van der Waals surface area contributed by atoms with Gasteiger partial charge in [0.25, 0.3) is 0 Å². The molecular formula is C20H17F3N4O3. The van der Waals surface area contributed by atoms with Gasteiger partial charge in [0.05, 0.1) is 29.3 Å². The molecule has 0 aliphatic carbocycles. The van der Waals surface area contributed by atoms with Crippen molar-refractivity contribution >= 4 is 11.6 Å². The van der Waals surface area contributed by atoms with Crippen molar-refractivity contribution in [2.24, 2.45) is 0 Å². The molecule has 2 aromatic carbocycles. The van der Waals surface area contributed by atoms with Gasteiger partial charge in [-0.2, -0.15) is 28.2 Å². The predicted octanol–water partition coefficient (Wildman–Crippen LogP) is 3.63. The molecule has 7 nitrogen and oxygen atoms in total. The lowest BCUT2D eigenvalue weighted by molar-refractivity contribution is -0.137. The summed E-state index contributed by atoms with van der Waals surface area (Å²) in [5.41, 5.74) is -0.317. The molecule has 156 valence electrons. The number of carbonyl (C=O) groups is 1. The number of aromatic nitrogens is 3. The van der Waals surface area contributed by atoms with Crippen LogP contribution in [0.1, 0.15) is 17.5 Å². The summed E-state index contributed by atoms with van der Waals surface area (Å²) in [5.74, 6) is 0.706. The van der Waals surface area contributed by atoms with Crippen molar-refractivity contribution in [3.8, 4) is 17.2 Å². The van der Waals surface area contributed by atoms with Gasteiger partial charge in [-0.25, -0.2) is 0 Å². The Labute approximate surface area is 169 Å². The minimum Gasteiger partial charge on any atom is -0.486 e. The molecule has 0 spiro atoms. The summed E-state index contributed by atoms with van der Waals surface area (Å²) < 4.78 is 51.5. The summed E-state index contributed by atoms with van der Waals surface area (Å²) in [4.78, 5) is 13.4. The number of aryl methyl sites for hydroxylation is 1. The molecule has 1 aromatic heterocycles. The summed E-state index contributed by atoms with van der Waals surface area (Å²) in [7, 11) is 0. The van der Waals surface area contributed by atoms with Crippen molar-refractivity contribution in [2.75, 3.05) is 18.5 Å². The molecule has 30 heavy (non-hydrogen) atoms. The van der Waals surface area contributed by atoms with Crippen molar-refractivity contribution in [2.45, 2.75) is 19.0 Å². The second-order valence-electron chi connectivity index (χ2n) is 6.57. The fraction of sp³-hybridized carbons (Fsp3) is 0.250. The van der Waals surface area contributed by atoms with E-state index in [4.69, 9.17) is 9.47 Å². The number of amides is 1. The smallest absolute Gasteiger partial charge is 0.418 e. The first-order valence-electron chi connectivity index (χ1n) is 9.16. The van der Waals surface area contributed by atoms with Crippen LogP contribution < -0.4 is 14.8 Å². The fourth-order valence-corrected chi connectivity index (χ4v) is 3.06. The normalized spacial score (nSPS) is 13.2. The van der Waals surface area contributed by atoms with Gasteiger partial charge in [-0.05, 0) is 42.3 Å². The lowest BCUT2D eigenvalue weighted by atomic mass is 10.1. The van der Waals surface area contributed by atoms with E-state index in [2.05, 4.69) is 15.5 Å². The number of fused-ring (bicyclic) bond motifs is 1. The van der Waals surface area contributed by atoms with E-state index in [0.717, 1.165) is 16.4 Å². The van der Waals surface area contributed by atoms with Crippen LogP contribution in [0.2, 0.25) is 0 Å². The highest BCUT2D eigenvalue weighted by Crippen LogP contribution is 2.36. The van der Waals surface area contributed by atoms with Gasteiger partial charge in [-0.3, -0.25) is 4.79 Å². The van der Waals surface area contributed by atoms with E-state index in [1.165, 1.54) is 24.5 Å².